The van der Waals surface area contributed by atoms with Gasteiger partial charge in [-0.25, -0.2) is 0 Å². The molecular weight excluding hydrogens is 184 g/mol. The maximum Gasteiger partial charge on any atom is 0.119 e. The molecule has 1 heteroatoms. The Morgan fingerprint density at radius 2 is 1.40 bits per heavy atom. The SMILES string of the molecule is CC.CCC=O.CCCCCC(C)(C)C. The van der Waals surface area contributed by atoms with Crippen LogP contribution in [0.25, 0.3) is 0 Å². The van der Waals surface area contributed by atoms with Crippen molar-refractivity contribution >= 4 is 6.29 Å². The van der Waals surface area contributed by atoms with E-state index in [9.17, 15) is 4.79 Å². The van der Waals surface area contributed by atoms with Gasteiger partial charge in [-0.3, -0.25) is 0 Å². The van der Waals surface area contributed by atoms with Crippen molar-refractivity contribution < 1.29 is 4.79 Å². The van der Waals surface area contributed by atoms with Gasteiger partial charge in [-0.2, -0.15) is 0 Å². The van der Waals surface area contributed by atoms with Crippen molar-refractivity contribution in [3.05, 3.63) is 0 Å². The number of unbranched alkanes of at least 4 members (excludes halogenated alkanes) is 2. The molecule has 0 heterocycles. The van der Waals surface area contributed by atoms with Crippen LogP contribution < -0.4 is 0 Å². The lowest BCUT2D eigenvalue weighted by atomic mass is 9.90. The van der Waals surface area contributed by atoms with Crippen molar-refractivity contribution in [2.45, 2.75) is 80.6 Å². The third kappa shape index (κ3) is 41.8. The monoisotopic (exact) mass is 216 g/mol. The average molecular weight is 216 g/mol. The molecule has 0 N–H and O–H groups in total. The largest absolute Gasteiger partial charge is 0.303 e. The molecule has 0 aliphatic rings. The molecule has 0 bridgehead atoms. The van der Waals surface area contributed by atoms with E-state index in [0.717, 1.165) is 6.29 Å². The Morgan fingerprint density at radius 3 is 1.60 bits per heavy atom. The molecule has 0 aromatic heterocycles. The van der Waals surface area contributed by atoms with Crippen LogP contribution in [0.15, 0.2) is 0 Å². The summed E-state index contributed by atoms with van der Waals surface area (Å²) < 4.78 is 0. The first-order valence-electron chi connectivity index (χ1n) is 6.41. The number of aldehydes is 1. The predicted octanol–water partition coefficient (Wildman–Crippen LogP) is 5.23. The molecule has 0 amide bonds. The Labute approximate surface area is 97.7 Å². The second-order valence-electron chi connectivity index (χ2n) is 4.59. The van der Waals surface area contributed by atoms with E-state index in [-0.39, 0.29) is 0 Å². The fraction of sp³-hybridized carbons (Fsp3) is 0.929. The highest BCUT2D eigenvalue weighted by Gasteiger charge is 2.07. The molecule has 0 radical (unpaired) electrons. The van der Waals surface area contributed by atoms with Crippen LogP contribution in [0.3, 0.4) is 0 Å². The summed E-state index contributed by atoms with van der Waals surface area (Å²) in [6.45, 7) is 15.0. The first-order valence-corrected chi connectivity index (χ1v) is 6.41. The van der Waals surface area contributed by atoms with E-state index in [1.54, 1.807) is 0 Å². The van der Waals surface area contributed by atoms with Gasteiger partial charge in [0.2, 0.25) is 0 Å². The summed E-state index contributed by atoms with van der Waals surface area (Å²) in [5.41, 5.74) is 0.551. The Kier molecular flexibility index (Phi) is 21.6. The summed E-state index contributed by atoms with van der Waals surface area (Å²) in [5, 5.41) is 0. The zero-order valence-electron chi connectivity index (χ0n) is 12.0. The normalized spacial score (nSPS) is 9.27. The van der Waals surface area contributed by atoms with Crippen LogP contribution in [0.5, 0.6) is 0 Å². The minimum atomic E-state index is 0.551. The average Bonchev–Trinajstić information content (AvgIpc) is 2.20. The Balaban J connectivity index is -0.000000202. The highest BCUT2D eigenvalue weighted by atomic mass is 16.1. The highest BCUT2D eigenvalue weighted by molar-refractivity contribution is 5.48. The van der Waals surface area contributed by atoms with Gasteiger partial charge in [0.25, 0.3) is 0 Å². The first-order chi connectivity index (χ1) is 6.97. The van der Waals surface area contributed by atoms with Gasteiger partial charge in [0.05, 0.1) is 0 Å². The second kappa shape index (κ2) is 16.1. The van der Waals surface area contributed by atoms with E-state index >= 15 is 0 Å². The van der Waals surface area contributed by atoms with Crippen LogP contribution in [0.2, 0.25) is 0 Å². The van der Waals surface area contributed by atoms with Crippen LogP contribution >= 0.6 is 0 Å². The molecule has 0 aliphatic carbocycles. The molecule has 94 valence electrons. The van der Waals surface area contributed by atoms with Crippen LogP contribution in [0.4, 0.5) is 0 Å². The van der Waals surface area contributed by atoms with E-state index < -0.39 is 0 Å². The standard InChI is InChI=1S/C9H20.C3H6O.C2H6/c1-5-6-7-8-9(2,3)4;1-2-3-4;1-2/h5-8H2,1-4H3;3H,2H2,1H3;1-2H3. The number of carbonyl (C=O) groups excluding carboxylic acids is 1. The zero-order chi connectivity index (χ0) is 12.7. The minimum Gasteiger partial charge on any atom is -0.303 e. The smallest absolute Gasteiger partial charge is 0.119 e. The molecule has 0 unspecified atom stereocenters. The molecule has 1 nitrogen and oxygen atoms in total. The molecule has 0 saturated carbocycles. The van der Waals surface area contributed by atoms with Crippen LogP contribution in [-0.2, 0) is 4.79 Å². The fourth-order valence-corrected chi connectivity index (χ4v) is 0.905. The molecule has 0 saturated heterocycles. The third-order valence-corrected chi connectivity index (χ3v) is 1.70. The van der Waals surface area contributed by atoms with Gasteiger partial charge in [-0.15, -0.1) is 0 Å². The summed E-state index contributed by atoms with van der Waals surface area (Å²) in [7, 11) is 0. The van der Waals surface area contributed by atoms with Gasteiger partial charge in [-0.1, -0.05) is 67.7 Å². The molecule has 0 aromatic carbocycles. The van der Waals surface area contributed by atoms with E-state index in [0.29, 0.717) is 11.8 Å². The highest BCUT2D eigenvalue weighted by Crippen LogP contribution is 2.21. The van der Waals surface area contributed by atoms with Gasteiger partial charge in [0.1, 0.15) is 6.29 Å². The van der Waals surface area contributed by atoms with Crippen molar-refractivity contribution in [2.24, 2.45) is 5.41 Å². The number of rotatable bonds is 4. The molecule has 0 fully saturated rings. The molecule has 0 aliphatic heterocycles. The summed E-state index contributed by atoms with van der Waals surface area (Å²) in [5.74, 6) is 0. The molecular formula is C14H32O. The maximum atomic E-state index is 9.17. The lowest BCUT2D eigenvalue weighted by molar-refractivity contribution is -0.107. The fourth-order valence-electron chi connectivity index (χ4n) is 0.905. The first kappa shape index (κ1) is 20.1. The third-order valence-electron chi connectivity index (χ3n) is 1.70. The van der Waals surface area contributed by atoms with Gasteiger partial charge < -0.3 is 4.79 Å². The van der Waals surface area contributed by atoms with Gasteiger partial charge in [0, 0.05) is 6.42 Å². The molecule has 0 spiro atoms. The van der Waals surface area contributed by atoms with E-state index in [2.05, 4.69) is 27.7 Å². The minimum absolute atomic E-state index is 0.551. The Bertz CT molecular complexity index is 100. The summed E-state index contributed by atoms with van der Waals surface area (Å²) in [6, 6.07) is 0. The quantitative estimate of drug-likeness (QED) is 0.464. The number of hydrogen-bond donors (Lipinski definition) is 0. The van der Waals surface area contributed by atoms with Crippen molar-refractivity contribution in [3.8, 4) is 0 Å². The summed E-state index contributed by atoms with van der Waals surface area (Å²) in [4.78, 5) is 9.17. The van der Waals surface area contributed by atoms with Crippen molar-refractivity contribution in [1.29, 1.82) is 0 Å². The van der Waals surface area contributed by atoms with Crippen LogP contribution in [0, 0.1) is 5.41 Å². The van der Waals surface area contributed by atoms with Crippen LogP contribution in [-0.4, -0.2) is 6.29 Å². The van der Waals surface area contributed by atoms with Crippen LogP contribution in [0.1, 0.15) is 80.6 Å². The number of carbonyl (C=O) groups is 1. The molecule has 15 heavy (non-hydrogen) atoms. The van der Waals surface area contributed by atoms with Gasteiger partial charge in [0.15, 0.2) is 0 Å². The lowest BCUT2D eigenvalue weighted by Gasteiger charge is -2.16. The molecule has 0 atom stereocenters. The van der Waals surface area contributed by atoms with Crippen molar-refractivity contribution in [2.75, 3.05) is 0 Å². The second-order valence-corrected chi connectivity index (χ2v) is 4.59. The van der Waals surface area contributed by atoms with E-state index in [4.69, 9.17) is 0 Å². The topological polar surface area (TPSA) is 17.1 Å². The van der Waals surface area contributed by atoms with Gasteiger partial charge >= 0.3 is 0 Å². The summed E-state index contributed by atoms with van der Waals surface area (Å²) in [6.07, 6.45) is 7.04. The predicted molar refractivity (Wildman–Crippen MR) is 71.3 cm³/mol. The van der Waals surface area contributed by atoms with Crippen molar-refractivity contribution in [3.63, 3.8) is 0 Å². The van der Waals surface area contributed by atoms with Crippen molar-refractivity contribution in [1.82, 2.24) is 0 Å². The molecule has 0 aromatic rings. The lowest BCUT2D eigenvalue weighted by Crippen LogP contribution is -2.03. The summed E-state index contributed by atoms with van der Waals surface area (Å²) >= 11 is 0. The van der Waals surface area contributed by atoms with E-state index in [1.807, 2.05) is 20.8 Å². The Hall–Kier alpha value is -0.330. The molecule has 0 rings (SSSR count). The maximum absolute atomic E-state index is 9.17. The van der Waals surface area contributed by atoms with Gasteiger partial charge in [-0.05, 0) is 11.8 Å². The number of hydrogen-bond acceptors (Lipinski definition) is 1. The van der Waals surface area contributed by atoms with E-state index in [1.165, 1.54) is 25.7 Å². The zero-order valence-corrected chi connectivity index (χ0v) is 12.0. The Morgan fingerprint density at radius 1 is 1.00 bits per heavy atom.